The average molecular weight is 280 g/mol. The Morgan fingerprint density at radius 1 is 1.47 bits per heavy atom. The van der Waals surface area contributed by atoms with Crippen molar-refractivity contribution >= 4 is 22.1 Å². The second-order valence-electron chi connectivity index (χ2n) is 4.94. The van der Waals surface area contributed by atoms with Gasteiger partial charge in [0.15, 0.2) is 10.8 Å². The first kappa shape index (κ1) is 12.9. The van der Waals surface area contributed by atoms with Crippen LogP contribution in [0.1, 0.15) is 25.5 Å². The van der Waals surface area contributed by atoms with E-state index in [0.29, 0.717) is 0 Å². The minimum absolute atomic E-state index is 0.141. The summed E-state index contributed by atoms with van der Waals surface area (Å²) in [6.07, 6.45) is 3.62. The lowest BCUT2D eigenvalue weighted by atomic mass is 10.1. The van der Waals surface area contributed by atoms with Gasteiger partial charge in [0, 0.05) is 31.2 Å². The number of aliphatic hydroxyl groups excluding tert-OH is 1. The van der Waals surface area contributed by atoms with Crippen LogP contribution in [0.3, 0.4) is 0 Å². The lowest BCUT2D eigenvalue weighted by molar-refractivity contribution is 0.145. The molecule has 5 nitrogen and oxygen atoms in total. The van der Waals surface area contributed by atoms with E-state index < -0.39 is 0 Å². The Morgan fingerprint density at radius 3 is 3.00 bits per heavy atom. The molecular formula is C13H20N4OS. The molecular weight excluding hydrogens is 260 g/mol. The zero-order valence-corrected chi connectivity index (χ0v) is 12.0. The SMILES string of the molecule is CCNCc1c(N2CCC(O)CC2)nc2sccn12. The van der Waals surface area contributed by atoms with Gasteiger partial charge in [-0.1, -0.05) is 6.92 Å². The van der Waals surface area contributed by atoms with E-state index in [0.717, 1.165) is 49.8 Å². The molecule has 0 aliphatic carbocycles. The first-order valence-corrected chi connectivity index (χ1v) is 7.75. The Bertz CT molecular complexity index is 542. The van der Waals surface area contributed by atoms with Crippen LogP contribution in [0.25, 0.3) is 4.96 Å². The number of anilines is 1. The van der Waals surface area contributed by atoms with Crippen LogP contribution < -0.4 is 10.2 Å². The van der Waals surface area contributed by atoms with E-state index >= 15 is 0 Å². The molecule has 0 radical (unpaired) electrons. The van der Waals surface area contributed by atoms with E-state index in [1.165, 1.54) is 5.69 Å². The number of rotatable bonds is 4. The summed E-state index contributed by atoms with van der Waals surface area (Å²) in [4.78, 5) is 8.11. The molecule has 0 aromatic carbocycles. The number of imidazole rings is 1. The molecule has 6 heteroatoms. The molecule has 2 aromatic heterocycles. The third kappa shape index (κ3) is 2.48. The van der Waals surface area contributed by atoms with E-state index in [4.69, 9.17) is 4.98 Å². The first-order valence-electron chi connectivity index (χ1n) is 6.87. The number of fused-ring (bicyclic) bond motifs is 1. The number of aliphatic hydroxyl groups is 1. The van der Waals surface area contributed by atoms with E-state index in [1.54, 1.807) is 11.3 Å². The molecule has 3 rings (SSSR count). The number of thiazole rings is 1. The highest BCUT2D eigenvalue weighted by molar-refractivity contribution is 7.15. The lowest BCUT2D eigenvalue weighted by Gasteiger charge is -2.30. The van der Waals surface area contributed by atoms with Crippen molar-refractivity contribution in [3.05, 3.63) is 17.3 Å². The molecule has 1 aliphatic heterocycles. The van der Waals surface area contributed by atoms with Gasteiger partial charge in [-0.05, 0) is 19.4 Å². The van der Waals surface area contributed by atoms with Gasteiger partial charge in [-0.2, -0.15) is 0 Å². The molecule has 0 spiro atoms. The Kier molecular flexibility index (Phi) is 3.72. The Hall–Kier alpha value is -1.11. The summed E-state index contributed by atoms with van der Waals surface area (Å²) < 4.78 is 2.17. The maximum absolute atomic E-state index is 9.62. The van der Waals surface area contributed by atoms with Crippen molar-refractivity contribution < 1.29 is 5.11 Å². The van der Waals surface area contributed by atoms with Crippen molar-refractivity contribution in [2.75, 3.05) is 24.5 Å². The third-order valence-electron chi connectivity index (χ3n) is 3.65. The van der Waals surface area contributed by atoms with Crippen LogP contribution >= 0.6 is 11.3 Å². The van der Waals surface area contributed by atoms with Gasteiger partial charge in [-0.25, -0.2) is 4.98 Å². The fourth-order valence-electron chi connectivity index (χ4n) is 2.56. The van der Waals surface area contributed by atoms with E-state index in [9.17, 15) is 5.11 Å². The molecule has 1 fully saturated rings. The Labute approximate surface area is 116 Å². The van der Waals surface area contributed by atoms with E-state index in [-0.39, 0.29) is 6.10 Å². The van der Waals surface area contributed by atoms with Crippen molar-refractivity contribution in [3.63, 3.8) is 0 Å². The number of nitrogens with zero attached hydrogens (tertiary/aromatic N) is 3. The van der Waals surface area contributed by atoms with E-state index in [2.05, 4.69) is 33.1 Å². The predicted octanol–water partition coefficient (Wildman–Crippen LogP) is 1.47. The second-order valence-corrected chi connectivity index (χ2v) is 5.81. The maximum Gasteiger partial charge on any atom is 0.195 e. The lowest BCUT2D eigenvalue weighted by Crippen LogP contribution is -2.36. The van der Waals surface area contributed by atoms with Crippen LogP contribution in [0.5, 0.6) is 0 Å². The summed E-state index contributed by atoms with van der Waals surface area (Å²) in [5.41, 5.74) is 1.23. The molecule has 2 N–H and O–H groups in total. The average Bonchev–Trinajstić information content (AvgIpc) is 2.98. The largest absolute Gasteiger partial charge is 0.393 e. The summed E-state index contributed by atoms with van der Waals surface area (Å²) in [6, 6.07) is 0. The van der Waals surface area contributed by atoms with Gasteiger partial charge >= 0.3 is 0 Å². The molecule has 0 amide bonds. The molecule has 104 valence electrons. The van der Waals surface area contributed by atoms with Gasteiger partial charge in [0.05, 0.1) is 11.8 Å². The van der Waals surface area contributed by atoms with Gasteiger partial charge in [0.2, 0.25) is 0 Å². The normalized spacial score (nSPS) is 17.5. The van der Waals surface area contributed by atoms with E-state index in [1.807, 2.05) is 0 Å². The number of piperidine rings is 1. The Morgan fingerprint density at radius 2 is 2.26 bits per heavy atom. The standard InChI is InChI=1S/C13H20N4OS/c1-2-14-9-11-12(15-13-17(11)7-8-19-13)16-5-3-10(18)4-6-16/h7-8,10,14,18H,2-6,9H2,1H3. The van der Waals surface area contributed by atoms with Crippen LogP contribution in [0.2, 0.25) is 0 Å². The van der Waals surface area contributed by atoms with Crippen molar-refractivity contribution in [1.29, 1.82) is 0 Å². The summed E-state index contributed by atoms with van der Waals surface area (Å²) >= 11 is 1.67. The van der Waals surface area contributed by atoms with Crippen LogP contribution in [-0.4, -0.2) is 40.2 Å². The summed E-state index contributed by atoms with van der Waals surface area (Å²) in [5.74, 6) is 1.08. The summed E-state index contributed by atoms with van der Waals surface area (Å²) in [6.45, 7) is 5.69. The van der Waals surface area contributed by atoms with Crippen molar-refractivity contribution in [2.45, 2.75) is 32.4 Å². The fourth-order valence-corrected chi connectivity index (χ4v) is 3.29. The predicted molar refractivity (Wildman–Crippen MR) is 77.9 cm³/mol. The van der Waals surface area contributed by atoms with Crippen molar-refractivity contribution in [1.82, 2.24) is 14.7 Å². The van der Waals surface area contributed by atoms with Gasteiger partial charge in [0.25, 0.3) is 0 Å². The number of hydrogen-bond donors (Lipinski definition) is 2. The van der Waals surface area contributed by atoms with Crippen LogP contribution in [0.4, 0.5) is 5.82 Å². The highest BCUT2D eigenvalue weighted by Gasteiger charge is 2.23. The molecule has 0 unspecified atom stereocenters. The maximum atomic E-state index is 9.62. The molecule has 0 saturated carbocycles. The molecule has 0 bridgehead atoms. The zero-order valence-electron chi connectivity index (χ0n) is 11.2. The summed E-state index contributed by atoms with van der Waals surface area (Å²) in [7, 11) is 0. The number of aromatic nitrogens is 2. The van der Waals surface area contributed by atoms with Gasteiger partial charge in [-0.15, -0.1) is 11.3 Å². The highest BCUT2D eigenvalue weighted by atomic mass is 32.1. The van der Waals surface area contributed by atoms with Crippen LogP contribution in [-0.2, 0) is 6.54 Å². The smallest absolute Gasteiger partial charge is 0.195 e. The molecule has 1 saturated heterocycles. The molecule has 19 heavy (non-hydrogen) atoms. The number of hydrogen-bond acceptors (Lipinski definition) is 5. The minimum atomic E-state index is -0.141. The minimum Gasteiger partial charge on any atom is -0.393 e. The number of nitrogens with one attached hydrogen (secondary N) is 1. The second kappa shape index (κ2) is 5.48. The Balaban J connectivity index is 1.90. The summed E-state index contributed by atoms with van der Waals surface area (Å²) in [5, 5.41) is 15.1. The molecule has 2 aromatic rings. The third-order valence-corrected chi connectivity index (χ3v) is 4.40. The topological polar surface area (TPSA) is 52.8 Å². The monoisotopic (exact) mass is 280 g/mol. The molecule has 3 heterocycles. The fraction of sp³-hybridized carbons (Fsp3) is 0.615. The van der Waals surface area contributed by atoms with Gasteiger partial charge < -0.3 is 15.3 Å². The molecule has 0 atom stereocenters. The molecule has 1 aliphatic rings. The van der Waals surface area contributed by atoms with Gasteiger partial charge in [-0.3, -0.25) is 4.40 Å². The van der Waals surface area contributed by atoms with Gasteiger partial charge in [0.1, 0.15) is 0 Å². The van der Waals surface area contributed by atoms with Crippen molar-refractivity contribution in [3.8, 4) is 0 Å². The first-order chi connectivity index (χ1) is 9.29. The zero-order chi connectivity index (χ0) is 13.2. The quantitative estimate of drug-likeness (QED) is 0.890. The van der Waals surface area contributed by atoms with Crippen molar-refractivity contribution in [2.24, 2.45) is 0 Å². The van der Waals surface area contributed by atoms with Crippen LogP contribution in [0.15, 0.2) is 11.6 Å². The van der Waals surface area contributed by atoms with Crippen LogP contribution in [0, 0.1) is 0 Å². The highest BCUT2D eigenvalue weighted by Crippen LogP contribution is 2.27.